The second kappa shape index (κ2) is 7.00. The fourth-order valence-corrected chi connectivity index (χ4v) is 2.31. The molecule has 1 aromatic carbocycles. The molecule has 1 heterocycles. The van der Waals surface area contributed by atoms with Crippen LogP contribution in [0.2, 0.25) is 0 Å². The van der Waals surface area contributed by atoms with Gasteiger partial charge in [0.05, 0.1) is 12.7 Å². The van der Waals surface area contributed by atoms with Crippen molar-refractivity contribution < 1.29 is 29.2 Å². The van der Waals surface area contributed by atoms with Gasteiger partial charge in [0.2, 0.25) is 0 Å². The Morgan fingerprint density at radius 2 is 1.90 bits per heavy atom. The molecule has 0 aromatic heterocycles. The SMILES string of the molecule is CC(=O)O[C@H]1[C@@H](O)[C@H](OCc2ccccc2)[C@@H](O)O[C@H]1C. The van der Waals surface area contributed by atoms with Crippen molar-refractivity contribution in [3.05, 3.63) is 35.9 Å². The molecule has 2 N–H and O–H groups in total. The molecule has 0 spiro atoms. The quantitative estimate of drug-likeness (QED) is 0.792. The Balaban J connectivity index is 2.01. The van der Waals surface area contributed by atoms with E-state index in [2.05, 4.69) is 0 Å². The topological polar surface area (TPSA) is 85.2 Å². The molecule has 6 heteroatoms. The van der Waals surface area contributed by atoms with Crippen LogP contribution in [0, 0.1) is 0 Å². The van der Waals surface area contributed by atoms with Crippen LogP contribution in [0.1, 0.15) is 19.4 Å². The summed E-state index contributed by atoms with van der Waals surface area (Å²) in [6.45, 7) is 3.09. The Bertz CT molecular complexity index is 462. The molecule has 1 saturated heterocycles. The first kappa shape index (κ1) is 15.9. The molecule has 0 unspecified atom stereocenters. The fraction of sp³-hybridized carbons (Fsp3) is 0.533. The molecule has 0 radical (unpaired) electrons. The highest BCUT2D eigenvalue weighted by Gasteiger charge is 2.45. The lowest BCUT2D eigenvalue weighted by molar-refractivity contribution is -0.293. The number of carbonyl (C=O) groups excluding carboxylic acids is 1. The number of ether oxygens (including phenoxy) is 3. The highest BCUT2D eigenvalue weighted by molar-refractivity contribution is 5.66. The lowest BCUT2D eigenvalue weighted by atomic mass is 9.99. The van der Waals surface area contributed by atoms with Crippen molar-refractivity contribution in [1.82, 2.24) is 0 Å². The number of aliphatic hydroxyl groups is 2. The van der Waals surface area contributed by atoms with E-state index in [1.807, 2.05) is 30.3 Å². The van der Waals surface area contributed by atoms with Crippen molar-refractivity contribution in [2.24, 2.45) is 0 Å². The van der Waals surface area contributed by atoms with Crippen molar-refractivity contribution in [2.75, 3.05) is 0 Å². The molecule has 0 bridgehead atoms. The Labute approximate surface area is 123 Å². The number of aliphatic hydroxyl groups excluding tert-OH is 2. The monoisotopic (exact) mass is 296 g/mol. The zero-order valence-corrected chi connectivity index (χ0v) is 12.0. The van der Waals surface area contributed by atoms with Crippen molar-refractivity contribution in [2.45, 2.75) is 51.2 Å². The molecule has 1 fully saturated rings. The van der Waals surface area contributed by atoms with Crippen LogP contribution < -0.4 is 0 Å². The maximum absolute atomic E-state index is 11.1. The maximum atomic E-state index is 11.1. The van der Waals surface area contributed by atoms with Crippen LogP contribution in [0.3, 0.4) is 0 Å². The molecule has 1 aromatic rings. The first-order valence-electron chi connectivity index (χ1n) is 6.83. The van der Waals surface area contributed by atoms with Gasteiger partial charge in [0.15, 0.2) is 12.4 Å². The molecule has 5 atom stereocenters. The van der Waals surface area contributed by atoms with Crippen LogP contribution in [0.5, 0.6) is 0 Å². The van der Waals surface area contributed by atoms with E-state index in [9.17, 15) is 15.0 Å². The number of rotatable bonds is 4. The summed E-state index contributed by atoms with van der Waals surface area (Å²) in [6, 6.07) is 9.36. The molecule has 1 aliphatic heterocycles. The molecule has 1 aliphatic rings. The van der Waals surface area contributed by atoms with Crippen molar-refractivity contribution >= 4 is 5.97 Å². The Morgan fingerprint density at radius 1 is 1.24 bits per heavy atom. The number of esters is 1. The van der Waals surface area contributed by atoms with Crippen LogP contribution in [0.4, 0.5) is 0 Å². The molecule has 0 aliphatic carbocycles. The van der Waals surface area contributed by atoms with Gasteiger partial charge in [-0.2, -0.15) is 0 Å². The predicted octanol–water partition coefficient (Wildman–Crippen LogP) is 0.601. The van der Waals surface area contributed by atoms with Crippen LogP contribution in [0.15, 0.2) is 30.3 Å². The lowest BCUT2D eigenvalue weighted by Crippen LogP contribution is -2.58. The first-order chi connectivity index (χ1) is 9.99. The molecule has 116 valence electrons. The predicted molar refractivity (Wildman–Crippen MR) is 73.1 cm³/mol. The Kier molecular flexibility index (Phi) is 5.30. The van der Waals surface area contributed by atoms with Crippen LogP contribution >= 0.6 is 0 Å². The third-order valence-corrected chi connectivity index (χ3v) is 3.36. The summed E-state index contributed by atoms with van der Waals surface area (Å²) in [5.41, 5.74) is 0.902. The van der Waals surface area contributed by atoms with E-state index >= 15 is 0 Å². The second-order valence-electron chi connectivity index (χ2n) is 5.06. The van der Waals surface area contributed by atoms with Crippen LogP contribution in [0.25, 0.3) is 0 Å². The zero-order chi connectivity index (χ0) is 15.4. The maximum Gasteiger partial charge on any atom is 0.303 e. The minimum absolute atomic E-state index is 0.212. The van der Waals surface area contributed by atoms with E-state index in [0.29, 0.717) is 0 Å². The Hall–Kier alpha value is -1.47. The van der Waals surface area contributed by atoms with Crippen molar-refractivity contribution in [3.63, 3.8) is 0 Å². The standard InChI is InChI=1S/C15H20O6/c1-9-13(21-10(2)16)12(17)14(15(18)20-9)19-8-11-6-4-3-5-7-11/h3-7,9,12-15,17-18H,8H2,1-2H3/t9-,12+,13+,14-,15-/m0/s1. The summed E-state index contributed by atoms with van der Waals surface area (Å²) in [6.07, 6.45) is -4.89. The zero-order valence-electron chi connectivity index (χ0n) is 12.0. The van der Waals surface area contributed by atoms with Gasteiger partial charge < -0.3 is 24.4 Å². The summed E-state index contributed by atoms with van der Waals surface area (Å²) < 4.78 is 15.8. The van der Waals surface area contributed by atoms with E-state index in [-0.39, 0.29) is 6.61 Å². The molecule has 2 rings (SSSR count). The molecular formula is C15H20O6. The largest absolute Gasteiger partial charge is 0.457 e. The molecule has 0 amide bonds. The highest BCUT2D eigenvalue weighted by Crippen LogP contribution is 2.25. The summed E-state index contributed by atoms with van der Waals surface area (Å²) in [7, 11) is 0. The first-order valence-corrected chi connectivity index (χ1v) is 6.83. The van der Waals surface area contributed by atoms with Gasteiger partial charge in [0, 0.05) is 6.92 Å². The number of hydrogen-bond acceptors (Lipinski definition) is 6. The minimum atomic E-state index is -1.27. The summed E-state index contributed by atoms with van der Waals surface area (Å²) in [4.78, 5) is 11.1. The third kappa shape index (κ3) is 4.01. The van der Waals surface area contributed by atoms with Gasteiger partial charge in [-0.1, -0.05) is 30.3 Å². The van der Waals surface area contributed by atoms with Crippen molar-refractivity contribution in [3.8, 4) is 0 Å². The number of hydrogen-bond donors (Lipinski definition) is 2. The van der Waals surface area contributed by atoms with E-state index in [0.717, 1.165) is 5.56 Å². The smallest absolute Gasteiger partial charge is 0.303 e. The molecule has 6 nitrogen and oxygen atoms in total. The van der Waals surface area contributed by atoms with Gasteiger partial charge in [-0.25, -0.2) is 0 Å². The molecular weight excluding hydrogens is 276 g/mol. The van der Waals surface area contributed by atoms with Gasteiger partial charge in [0.1, 0.15) is 12.2 Å². The summed E-state index contributed by atoms with van der Waals surface area (Å²) in [5.74, 6) is -0.521. The fourth-order valence-electron chi connectivity index (χ4n) is 2.31. The van der Waals surface area contributed by atoms with Gasteiger partial charge >= 0.3 is 5.97 Å². The Morgan fingerprint density at radius 3 is 2.52 bits per heavy atom. The normalized spacial score (nSPS) is 32.7. The van der Waals surface area contributed by atoms with E-state index in [1.54, 1.807) is 6.92 Å². The van der Waals surface area contributed by atoms with E-state index < -0.39 is 36.7 Å². The van der Waals surface area contributed by atoms with E-state index in [4.69, 9.17) is 14.2 Å². The molecule has 0 saturated carbocycles. The highest BCUT2D eigenvalue weighted by atomic mass is 16.7. The van der Waals surface area contributed by atoms with E-state index in [1.165, 1.54) is 6.92 Å². The van der Waals surface area contributed by atoms with Gasteiger partial charge in [0.25, 0.3) is 0 Å². The number of benzene rings is 1. The molecule has 21 heavy (non-hydrogen) atoms. The van der Waals surface area contributed by atoms with Crippen LogP contribution in [-0.2, 0) is 25.6 Å². The minimum Gasteiger partial charge on any atom is -0.457 e. The van der Waals surface area contributed by atoms with Gasteiger partial charge in [-0.3, -0.25) is 4.79 Å². The average Bonchev–Trinajstić information content (AvgIpc) is 2.44. The lowest BCUT2D eigenvalue weighted by Gasteiger charge is -2.40. The number of carbonyl (C=O) groups is 1. The van der Waals surface area contributed by atoms with Gasteiger partial charge in [-0.05, 0) is 12.5 Å². The summed E-state index contributed by atoms with van der Waals surface area (Å²) >= 11 is 0. The van der Waals surface area contributed by atoms with Crippen molar-refractivity contribution in [1.29, 1.82) is 0 Å². The third-order valence-electron chi connectivity index (χ3n) is 3.36. The second-order valence-corrected chi connectivity index (χ2v) is 5.06. The van der Waals surface area contributed by atoms with Gasteiger partial charge in [-0.15, -0.1) is 0 Å². The summed E-state index contributed by atoms with van der Waals surface area (Å²) in [5, 5.41) is 20.1. The van der Waals surface area contributed by atoms with Crippen LogP contribution in [-0.4, -0.2) is 46.9 Å². The average molecular weight is 296 g/mol.